The fourth-order valence-corrected chi connectivity index (χ4v) is 4.77. The van der Waals surface area contributed by atoms with E-state index in [0.717, 1.165) is 37.3 Å². The lowest BCUT2D eigenvalue weighted by Crippen LogP contribution is -2.33. The number of sulfonamides is 1. The highest BCUT2D eigenvalue weighted by Gasteiger charge is 2.24. The van der Waals surface area contributed by atoms with Crippen molar-refractivity contribution in [2.45, 2.75) is 43.9 Å². The molecule has 0 saturated carbocycles. The third kappa shape index (κ3) is 4.40. The fraction of sp³-hybridized carbons (Fsp3) is 0.611. The number of benzene rings is 1. The number of hydrogen-bond acceptors (Lipinski definition) is 4. The van der Waals surface area contributed by atoms with Crippen LogP contribution in [0.3, 0.4) is 0 Å². The van der Waals surface area contributed by atoms with Crippen molar-refractivity contribution in [3.8, 4) is 0 Å². The summed E-state index contributed by atoms with van der Waals surface area (Å²) >= 11 is 0. The van der Waals surface area contributed by atoms with E-state index in [1.165, 1.54) is 26.2 Å². The maximum absolute atomic E-state index is 12.5. The Hall–Kier alpha value is -1.44. The molecule has 1 aromatic carbocycles. The van der Waals surface area contributed by atoms with E-state index in [9.17, 15) is 13.2 Å². The van der Waals surface area contributed by atoms with Gasteiger partial charge in [0.2, 0.25) is 15.9 Å². The van der Waals surface area contributed by atoms with Crippen molar-refractivity contribution in [3.63, 3.8) is 0 Å². The first kappa shape index (κ1) is 18.4. The van der Waals surface area contributed by atoms with Gasteiger partial charge in [-0.2, -0.15) is 0 Å². The van der Waals surface area contributed by atoms with Gasteiger partial charge in [0, 0.05) is 25.7 Å². The van der Waals surface area contributed by atoms with Gasteiger partial charge in [-0.05, 0) is 69.1 Å². The predicted octanol–water partition coefficient (Wildman–Crippen LogP) is 1.75. The normalized spacial score (nSPS) is 18.4. The second-order valence-corrected chi connectivity index (χ2v) is 8.63. The van der Waals surface area contributed by atoms with Crippen molar-refractivity contribution in [1.29, 1.82) is 0 Å². The van der Waals surface area contributed by atoms with Gasteiger partial charge in [-0.15, -0.1) is 0 Å². The molecule has 2 heterocycles. The van der Waals surface area contributed by atoms with Gasteiger partial charge in [-0.1, -0.05) is 6.42 Å². The summed E-state index contributed by atoms with van der Waals surface area (Å²) < 4.78 is 27.7. The molecule has 3 rings (SSSR count). The Morgan fingerprint density at radius 3 is 2.64 bits per heavy atom. The number of piperidine rings is 1. The van der Waals surface area contributed by atoms with Gasteiger partial charge in [0.25, 0.3) is 0 Å². The summed E-state index contributed by atoms with van der Waals surface area (Å²) in [4.78, 5) is 16.0. The molecule has 1 N–H and O–H groups in total. The Morgan fingerprint density at radius 2 is 1.92 bits per heavy atom. The zero-order chi connectivity index (χ0) is 17.9. The first-order valence-electron chi connectivity index (χ1n) is 9.10. The number of carbonyl (C=O) groups excluding carboxylic acids is 1. The van der Waals surface area contributed by atoms with Crippen molar-refractivity contribution in [1.82, 2.24) is 9.62 Å². The molecule has 0 spiro atoms. The second-order valence-electron chi connectivity index (χ2n) is 6.86. The molecule has 0 aromatic heterocycles. The molecule has 2 aliphatic rings. The summed E-state index contributed by atoms with van der Waals surface area (Å²) in [5, 5.41) is 0. The minimum absolute atomic E-state index is 0.00908. The number of hydrogen-bond donors (Lipinski definition) is 1. The van der Waals surface area contributed by atoms with Gasteiger partial charge >= 0.3 is 0 Å². The van der Waals surface area contributed by atoms with Crippen LogP contribution >= 0.6 is 0 Å². The van der Waals surface area contributed by atoms with Crippen LogP contribution < -0.4 is 9.62 Å². The molecule has 0 aliphatic carbocycles. The van der Waals surface area contributed by atoms with Crippen LogP contribution in [0, 0.1) is 0 Å². The maximum Gasteiger partial charge on any atom is 0.240 e. The Labute approximate surface area is 150 Å². The molecule has 2 aliphatic heterocycles. The van der Waals surface area contributed by atoms with Crippen molar-refractivity contribution in [2.75, 3.05) is 37.6 Å². The molecule has 6 nitrogen and oxygen atoms in total. The summed E-state index contributed by atoms with van der Waals surface area (Å²) in [5.41, 5.74) is 1.75. The highest BCUT2D eigenvalue weighted by atomic mass is 32.2. The van der Waals surface area contributed by atoms with Gasteiger partial charge in [0.1, 0.15) is 0 Å². The first-order valence-corrected chi connectivity index (χ1v) is 10.6. The van der Waals surface area contributed by atoms with Gasteiger partial charge < -0.3 is 9.80 Å². The molecule has 0 unspecified atom stereocenters. The van der Waals surface area contributed by atoms with Crippen LogP contribution in [-0.2, 0) is 21.2 Å². The van der Waals surface area contributed by atoms with Crippen molar-refractivity contribution >= 4 is 21.6 Å². The number of rotatable bonds is 6. The standard InChI is InChI=1S/C18H27N3O3S/c1-15(22)21-13-8-16-14-17(6-7-18(16)21)25(23,24)19-9-5-12-20-10-3-2-4-11-20/h6-7,14,19H,2-5,8-13H2,1H3. The number of carbonyl (C=O) groups is 1. The van der Waals surface area contributed by atoms with Gasteiger partial charge in [0.15, 0.2) is 0 Å². The van der Waals surface area contributed by atoms with Crippen molar-refractivity contribution in [2.24, 2.45) is 0 Å². The summed E-state index contributed by atoms with van der Waals surface area (Å²) in [5.74, 6) is -0.00908. The molecule has 0 bridgehead atoms. The lowest BCUT2D eigenvalue weighted by Gasteiger charge is -2.26. The largest absolute Gasteiger partial charge is 0.312 e. The van der Waals surface area contributed by atoms with Crippen LogP contribution in [0.15, 0.2) is 23.1 Å². The van der Waals surface area contributed by atoms with Crippen LogP contribution in [0.2, 0.25) is 0 Å². The van der Waals surface area contributed by atoms with Gasteiger partial charge in [-0.3, -0.25) is 4.79 Å². The maximum atomic E-state index is 12.5. The van der Waals surface area contributed by atoms with E-state index in [-0.39, 0.29) is 10.8 Å². The van der Waals surface area contributed by atoms with Gasteiger partial charge in [-0.25, -0.2) is 13.1 Å². The molecule has 0 atom stereocenters. The van der Waals surface area contributed by atoms with Crippen LogP contribution in [0.1, 0.15) is 38.2 Å². The minimum Gasteiger partial charge on any atom is -0.312 e. The summed E-state index contributed by atoms with van der Waals surface area (Å²) in [7, 11) is -3.49. The Bertz CT molecular complexity index is 727. The molecule has 1 fully saturated rings. The number of nitrogens with zero attached hydrogens (tertiary/aromatic N) is 2. The second kappa shape index (κ2) is 7.85. The highest BCUT2D eigenvalue weighted by Crippen LogP contribution is 2.30. The summed E-state index contributed by atoms with van der Waals surface area (Å²) in [6, 6.07) is 5.03. The lowest BCUT2D eigenvalue weighted by atomic mass is 10.1. The Balaban J connectivity index is 1.56. The monoisotopic (exact) mass is 365 g/mol. The van der Waals surface area contributed by atoms with Crippen LogP contribution in [0.5, 0.6) is 0 Å². The van der Waals surface area contributed by atoms with E-state index >= 15 is 0 Å². The molecular weight excluding hydrogens is 338 g/mol. The summed E-state index contributed by atoms with van der Waals surface area (Å²) in [6.07, 6.45) is 5.33. The minimum atomic E-state index is -3.49. The van der Waals surface area contributed by atoms with Crippen molar-refractivity contribution < 1.29 is 13.2 Å². The zero-order valence-electron chi connectivity index (χ0n) is 14.8. The Kier molecular flexibility index (Phi) is 5.76. The first-order chi connectivity index (χ1) is 12.0. The summed E-state index contributed by atoms with van der Waals surface area (Å²) in [6.45, 7) is 5.81. The lowest BCUT2D eigenvalue weighted by molar-refractivity contribution is -0.116. The predicted molar refractivity (Wildman–Crippen MR) is 98.3 cm³/mol. The topological polar surface area (TPSA) is 69.7 Å². The average Bonchev–Trinajstić information content (AvgIpc) is 3.03. The van der Waals surface area contributed by atoms with Crippen LogP contribution in [0.25, 0.3) is 0 Å². The number of anilines is 1. The molecule has 25 heavy (non-hydrogen) atoms. The average molecular weight is 365 g/mol. The molecule has 1 saturated heterocycles. The highest BCUT2D eigenvalue weighted by molar-refractivity contribution is 7.89. The quantitative estimate of drug-likeness (QED) is 0.780. The molecule has 138 valence electrons. The van der Waals surface area contributed by atoms with Gasteiger partial charge in [0.05, 0.1) is 4.90 Å². The van der Waals surface area contributed by atoms with E-state index in [2.05, 4.69) is 9.62 Å². The third-order valence-electron chi connectivity index (χ3n) is 5.03. The smallest absolute Gasteiger partial charge is 0.240 e. The number of likely N-dealkylation sites (tertiary alicyclic amines) is 1. The third-order valence-corrected chi connectivity index (χ3v) is 6.49. The SMILES string of the molecule is CC(=O)N1CCc2cc(S(=O)(=O)NCCCN3CCCCC3)ccc21. The van der Waals surface area contributed by atoms with Crippen LogP contribution in [0.4, 0.5) is 5.69 Å². The molecular formula is C18H27N3O3S. The Morgan fingerprint density at radius 1 is 1.16 bits per heavy atom. The number of nitrogens with one attached hydrogen (secondary N) is 1. The van der Waals surface area contributed by atoms with Crippen LogP contribution in [-0.4, -0.2) is 51.9 Å². The van der Waals surface area contributed by atoms with E-state index < -0.39 is 10.0 Å². The van der Waals surface area contributed by atoms with Crippen molar-refractivity contribution in [3.05, 3.63) is 23.8 Å². The molecule has 1 amide bonds. The zero-order valence-corrected chi connectivity index (χ0v) is 15.6. The molecule has 7 heteroatoms. The van der Waals surface area contributed by atoms with E-state index in [4.69, 9.17) is 0 Å². The number of amides is 1. The van der Waals surface area contributed by atoms with E-state index in [1.807, 2.05) is 0 Å². The molecule has 1 aromatic rings. The molecule has 0 radical (unpaired) electrons. The van der Waals surface area contributed by atoms with E-state index in [1.54, 1.807) is 23.1 Å². The fourth-order valence-electron chi connectivity index (χ4n) is 3.65. The van der Waals surface area contributed by atoms with E-state index in [0.29, 0.717) is 19.5 Å². The number of fused-ring (bicyclic) bond motifs is 1.